The van der Waals surface area contributed by atoms with Crippen molar-refractivity contribution in [3.05, 3.63) is 28.4 Å². The van der Waals surface area contributed by atoms with Crippen molar-refractivity contribution in [3.63, 3.8) is 0 Å². The van der Waals surface area contributed by atoms with Crippen LogP contribution >= 0.6 is 15.9 Å². The minimum Gasteiger partial charge on any atom is -0.460 e. The molecule has 2 rings (SSSR count). The van der Waals surface area contributed by atoms with Gasteiger partial charge >= 0.3 is 5.97 Å². The van der Waals surface area contributed by atoms with E-state index in [9.17, 15) is 9.59 Å². The molecule has 0 radical (unpaired) electrons. The maximum Gasteiger partial charge on any atom is 0.375 e. The zero-order chi connectivity index (χ0) is 13.8. The van der Waals surface area contributed by atoms with Gasteiger partial charge in [-0.1, -0.05) is 0 Å². The first-order chi connectivity index (χ1) is 9.10. The van der Waals surface area contributed by atoms with Crippen molar-refractivity contribution >= 4 is 33.8 Å². The fourth-order valence-electron chi connectivity index (χ4n) is 1.21. The molecule has 2 heterocycles. The van der Waals surface area contributed by atoms with Crippen molar-refractivity contribution in [2.24, 2.45) is 0 Å². The van der Waals surface area contributed by atoms with Gasteiger partial charge in [-0.05, 0) is 35.0 Å². The van der Waals surface area contributed by atoms with E-state index in [2.05, 4.69) is 36.4 Å². The van der Waals surface area contributed by atoms with E-state index in [4.69, 9.17) is 9.15 Å². The maximum atomic E-state index is 11.7. The normalized spacial score (nSPS) is 10.2. The molecule has 0 aliphatic rings. The van der Waals surface area contributed by atoms with E-state index in [1.165, 1.54) is 6.07 Å². The summed E-state index contributed by atoms with van der Waals surface area (Å²) in [5.41, 5.74) is 0. The first-order valence-electron chi connectivity index (χ1n) is 5.26. The van der Waals surface area contributed by atoms with Gasteiger partial charge in [-0.3, -0.25) is 15.2 Å². The van der Waals surface area contributed by atoms with E-state index in [-0.39, 0.29) is 24.1 Å². The molecule has 1 amide bonds. The van der Waals surface area contributed by atoms with Gasteiger partial charge in [0.1, 0.15) is 0 Å². The highest BCUT2D eigenvalue weighted by molar-refractivity contribution is 9.10. The van der Waals surface area contributed by atoms with Crippen molar-refractivity contribution in [3.8, 4) is 0 Å². The molecule has 0 atom stereocenters. The van der Waals surface area contributed by atoms with Crippen molar-refractivity contribution in [2.75, 3.05) is 11.9 Å². The Balaban J connectivity index is 2.04. The van der Waals surface area contributed by atoms with E-state index in [0.29, 0.717) is 4.67 Å². The van der Waals surface area contributed by atoms with Crippen LogP contribution in [0.2, 0.25) is 0 Å². The lowest BCUT2D eigenvalue weighted by Crippen LogP contribution is -2.12. The molecule has 100 valence electrons. The third kappa shape index (κ3) is 3.19. The van der Waals surface area contributed by atoms with Gasteiger partial charge in [0.15, 0.2) is 10.4 Å². The highest BCUT2D eigenvalue weighted by Crippen LogP contribution is 2.14. The summed E-state index contributed by atoms with van der Waals surface area (Å²) in [5.74, 6) is -1.20. The van der Waals surface area contributed by atoms with Crippen molar-refractivity contribution in [1.29, 1.82) is 0 Å². The number of nitrogens with zero attached hydrogens (tertiary/aromatic N) is 2. The minimum atomic E-state index is -0.642. The third-order valence-corrected chi connectivity index (χ3v) is 2.40. The van der Waals surface area contributed by atoms with E-state index in [1.807, 2.05) is 0 Å². The second-order valence-corrected chi connectivity index (χ2v) is 4.07. The number of hydrogen-bond donors (Lipinski definition) is 2. The molecule has 2 N–H and O–H groups in total. The number of nitrogens with one attached hydrogen (secondary N) is 2. The summed E-state index contributed by atoms with van der Waals surface area (Å²) in [6, 6.07) is 3.06. The fourth-order valence-corrected chi connectivity index (χ4v) is 1.51. The molecule has 0 saturated heterocycles. The average molecular weight is 329 g/mol. The Morgan fingerprint density at radius 3 is 2.95 bits per heavy atom. The number of esters is 1. The van der Waals surface area contributed by atoms with Gasteiger partial charge in [0.2, 0.25) is 11.8 Å². The monoisotopic (exact) mass is 328 g/mol. The summed E-state index contributed by atoms with van der Waals surface area (Å²) in [5, 5.41) is 8.41. The number of anilines is 1. The Morgan fingerprint density at radius 2 is 2.32 bits per heavy atom. The molecule has 0 bridgehead atoms. The topological polar surface area (TPSA) is 110 Å². The van der Waals surface area contributed by atoms with Gasteiger partial charge in [-0.15, -0.1) is 5.10 Å². The van der Waals surface area contributed by atoms with Crippen LogP contribution in [0.15, 0.2) is 21.2 Å². The Hall–Kier alpha value is -2.16. The summed E-state index contributed by atoms with van der Waals surface area (Å²) in [6.07, 6.45) is 0. The van der Waals surface area contributed by atoms with Gasteiger partial charge in [0, 0.05) is 0 Å². The van der Waals surface area contributed by atoms with Crippen LogP contribution in [0.4, 0.5) is 5.95 Å². The summed E-state index contributed by atoms with van der Waals surface area (Å²) in [6.45, 7) is 1.90. The van der Waals surface area contributed by atoms with E-state index in [1.54, 1.807) is 13.0 Å². The molecule has 0 aliphatic heterocycles. The number of aromatic nitrogens is 3. The molecule has 0 aromatic carbocycles. The number of halogens is 1. The number of furan rings is 1. The molecule has 8 nitrogen and oxygen atoms in total. The molecule has 0 unspecified atom stereocenters. The third-order valence-electron chi connectivity index (χ3n) is 1.98. The van der Waals surface area contributed by atoms with Gasteiger partial charge in [-0.2, -0.15) is 4.98 Å². The SMILES string of the molecule is CCOC(=O)c1nc(NC(=O)c2ccc(Br)o2)n[nH]1. The van der Waals surface area contributed by atoms with Crippen molar-refractivity contribution in [2.45, 2.75) is 6.92 Å². The van der Waals surface area contributed by atoms with Crippen LogP contribution < -0.4 is 5.32 Å². The zero-order valence-electron chi connectivity index (χ0n) is 9.77. The van der Waals surface area contributed by atoms with Crippen molar-refractivity contribution < 1.29 is 18.7 Å². The van der Waals surface area contributed by atoms with Gasteiger partial charge < -0.3 is 9.15 Å². The van der Waals surface area contributed by atoms with Crippen LogP contribution in [-0.4, -0.2) is 33.7 Å². The average Bonchev–Trinajstić information content (AvgIpc) is 2.98. The minimum absolute atomic E-state index is 0.0411. The summed E-state index contributed by atoms with van der Waals surface area (Å²) in [4.78, 5) is 26.8. The van der Waals surface area contributed by atoms with Gasteiger partial charge in [0.05, 0.1) is 6.61 Å². The first-order valence-corrected chi connectivity index (χ1v) is 6.05. The number of carbonyl (C=O) groups excluding carboxylic acids is 2. The number of ether oxygens (including phenoxy) is 1. The molecule has 19 heavy (non-hydrogen) atoms. The zero-order valence-corrected chi connectivity index (χ0v) is 11.4. The number of rotatable bonds is 4. The van der Waals surface area contributed by atoms with Crippen LogP contribution in [0, 0.1) is 0 Å². The van der Waals surface area contributed by atoms with Crippen LogP contribution in [0.5, 0.6) is 0 Å². The second-order valence-electron chi connectivity index (χ2n) is 3.29. The van der Waals surface area contributed by atoms with Gasteiger partial charge in [0.25, 0.3) is 5.91 Å². The lowest BCUT2D eigenvalue weighted by Gasteiger charge is -1.96. The molecule has 0 aliphatic carbocycles. The lowest BCUT2D eigenvalue weighted by molar-refractivity contribution is 0.0512. The van der Waals surface area contributed by atoms with Crippen LogP contribution in [0.25, 0.3) is 0 Å². The lowest BCUT2D eigenvalue weighted by atomic mass is 10.4. The number of carbonyl (C=O) groups is 2. The Labute approximate surface area is 115 Å². The number of H-pyrrole nitrogens is 1. The number of hydrogen-bond acceptors (Lipinski definition) is 6. The van der Waals surface area contributed by atoms with E-state index < -0.39 is 11.9 Å². The Bertz CT molecular complexity index is 606. The summed E-state index contributed by atoms with van der Waals surface area (Å²) < 4.78 is 10.2. The molecule has 0 saturated carbocycles. The van der Waals surface area contributed by atoms with Crippen LogP contribution in [-0.2, 0) is 4.74 Å². The molecule has 2 aromatic heterocycles. The molecular weight excluding hydrogens is 320 g/mol. The molecule has 0 spiro atoms. The predicted molar refractivity (Wildman–Crippen MR) is 66.7 cm³/mol. The van der Waals surface area contributed by atoms with Crippen LogP contribution in [0.3, 0.4) is 0 Å². The van der Waals surface area contributed by atoms with Gasteiger partial charge in [-0.25, -0.2) is 4.79 Å². The number of amides is 1. The number of aromatic amines is 1. The molecule has 9 heteroatoms. The second kappa shape index (κ2) is 5.65. The van der Waals surface area contributed by atoms with Crippen LogP contribution in [0.1, 0.15) is 28.1 Å². The van der Waals surface area contributed by atoms with E-state index in [0.717, 1.165) is 0 Å². The predicted octanol–water partition coefficient (Wildman–Crippen LogP) is 1.59. The molecule has 0 fully saturated rings. The highest BCUT2D eigenvalue weighted by Gasteiger charge is 2.16. The molecular formula is C10H9BrN4O4. The summed E-state index contributed by atoms with van der Waals surface area (Å²) >= 11 is 3.08. The van der Waals surface area contributed by atoms with Crippen molar-refractivity contribution in [1.82, 2.24) is 15.2 Å². The molecule has 2 aromatic rings. The summed E-state index contributed by atoms with van der Waals surface area (Å²) in [7, 11) is 0. The smallest absolute Gasteiger partial charge is 0.375 e. The Kier molecular flexibility index (Phi) is 3.95. The largest absolute Gasteiger partial charge is 0.460 e. The standard InChI is InChI=1S/C10H9BrN4O4/c1-2-18-9(17)7-12-10(15-14-7)13-8(16)5-3-4-6(11)19-5/h3-4H,2H2,1H3,(H2,12,13,14,15,16). The first kappa shape index (κ1) is 13.3. The highest BCUT2D eigenvalue weighted by atomic mass is 79.9. The fraction of sp³-hybridized carbons (Fsp3) is 0.200. The van der Waals surface area contributed by atoms with E-state index >= 15 is 0 Å². The Morgan fingerprint density at radius 1 is 1.53 bits per heavy atom. The maximum absolute atomic E-state index is 11.7. The quantitative estimate of drug-likeness (QED) is 0.824.